The molecule has 0 saturated carbocycles. The molecule has 0 amide bonds. The van der Waals surface area contributed by atoms with Crippen molar-refractivity contribution in [1.82, 2.24) is 4.90 Å². The van der Waals surface area contributed by atoms with Crippen LogP contribution in [0.2, 0.25) is 0 Å². The van der Waals surface area contributed by atoms with Crippen molar-refractivity contribution in [2.75, 3.05) is 20.2 Å². The molecule has 5 nitrogen and oxygen atoms in total. The summed E-state index contributed by atoms with van der Waals surface area (Å²) in [5.74, 6) is -0.0692. The first-order valence-electron chi connectivity index (χ1n) is 8.37. The molecule has 0 fully saturated rings. The monoisotopic (exact) mass is 343 g/mol. The lowest BCUT2D eigenvalue weighted by atomic mass is 10.0. The predicted molar refractivity (Wildman–Crippen MR) is 96.7 cm³/mol. The molecule has 1 atom stereocenters. The minimum Gasteiger partial charge on any atom is -0.489 e. The summed E-state index contributed by atoms with van der Waals surface area (Å²) >= 11 is 0. The standard InChI is InChI=1S/C20H25NO4/c1-21(14-20(23)24)18(11-12-22)13-16-7-9-19(10-8-16)25-15-17-5-3-2-4-6-17/h2-10,18,22H,11-15H2,1H3,(H,23,24). The Kier molecular flexibility index (Phi) is 7.44. The van der Waals surface area contributed by atoms with Gasteiger partial charge in [-0.05, 0) is 43.1 Å². The van der Waals surface area contributed by atoms with Crippen molar-refractivity contribution >= 4 is 5.97 Å². The summed E-state index contributed by atoms with van der Waals surface area (Å²) in [5, 5.41) is 18.2. The zero-order valence-corrected chi connectivity index (χ0v) is 14.5. The van der Waals surface area contributed by atoms with Crippen LogP contribution in [-0.2, 0) is 17.8 Å². The van der Waals surface area contributed by atoms with Gasteiger partial charge in [0.1, 0.15) is 12.4 Å². The molecule has 0 aromatic heterocycles. The molecule has 25 heavy (non-hydrogen) atoms. The van der Waals surface area contributed by atoms with Crippen molar-refractivity contribution < 1.29 is 19.7 Å². The number of carbonyl (C=O) groups is 1. The number of hydrogen-bond donors (Lipinski definition) is 2. The maximum atomic E-state index is 10.9. The number of carboxylic acids is 1. The van der Waals surface area contributed by atoms with Gasteiger partial charge in [0.25, 0.3) is 0 Å². The third kappa shape index (κ3) is 6.57. The Bertz CT molecular complexity index is 643. The lowest BCUT2D eigenvalue weighted by Crippen LogP contribution is -2.38. The van der Waals surface area contributed by atoms with E-state index in [0.29, 0.717) is 19.4 Å². The quantitative estimate of drug-likeness (QED) is 0.694. The Morgan fingerprint density at radius 2 is 1.76 bits per heavy atom. The molecule has 134 valence electrons. The molecule has 0 heterocycles. The van der Waals surface area contributed by atoms with Gasteiger partial charge in [-0.25, -0.2) is 0 Å². The van der Waals surface area contributed by atoms with Crippen molar-refractivity contribution in [3.05, 3.63) is 65.7 Å². The summed E-state index contributed by atoms with van der Waals surface area (Å²) in [6, 6.07) is 17.8. The second-order valence-corrected chi connectivity index (χ2v) is 6.10. The van der Waals surface area contributed by atoms with Crippen LogP contribution in [0.4, 0.5) is 0 Å². The van der Waals surface area contributed by atoms with E-state index >= 15 is 0 Å². The second kappa shape index (κ2) is 9.81. The molecule has 2 aromatic carbocycles. The van der Waals surface area contributed by atoms with Gasteiger partial charge in [0.2, 0.25) is 0 Å². The third-order valence-electron chi connectivity index (χ3n) is 4.11. The van der Waals surface area contributed by atoms with Crippen LogP contribution in [0.3, 0.4) is 0 Å². The first-order chi connectivity index (χ1) is 12.1. The zero-order valence-electron chi connectivity index (χ0n) is 14.5. The molecule has 0 saturated heterocycles. The van der Waals surface area contributed by atoms with Crippen LogP contribution in [0.15, 0.2) is 54.6 Å². The number of hydrogen-bond acceptors (Lipinski definition) is 4. The fourth-order valence-corrected chi connectivity index (χ4v) is 2.70. The number of ether oxygens (including phenoxy) is 1. The minimum atomic E-state index is -0.866. The van der Waals surface area contributed by atoms with Crippen LogP contribution in [0, 0.1) is 0 Å². The molecule has 0 aliphatic heterocycles. The van der Waals surface area contributed by atoms with Gasteiger partial charge in [-0.2, -0.15) is 0 Å². The van der Waals surface area contributed by atoms with Crippen molar-refractivity contribution in [2.24, 2.45) is 0 Å². The van der Waals surface area contributed by atoms with E-state index in [1.165, 1.54) is 0 Å². The topological polar surface area (TPSA) is 70.0 Å². The van der Waals surface area contributed by atoms with Gasteiger partial charge in [0.15, 0.2) is 0 Å². The Hall–Kier alpha value is -2.37. The Labute approximate surface area is 148 Å². The molecule has 0 radical (unpaired) electrons. The largest absolute Gasteiger partial charge is 0.489 e. The van der Waals surface area contributed by atoms with Gasteiger partial charge in [-0.3, -0.25) is 9.69 Å². The normalized spacial score (nSPS) is 12.1. The lowest BCUT2D eigenvalue weighted by molar-refractivity contribution is -0.138. The molecular weight excluding hydrogens is 318 g/mol. The number of nitrogens with zero attached hydrogens (tertiary/aromatic N) is 1. The highest BCUT2D eigenvalue weighted by Crippen LogP contribution is 2.17. The summed E-state index contributed by atoms with van der Waals surface area (Å²) in [4.78, 5) is 12.6. The van der Waals surface area contributed by atoms with Crippen molar-refractivity contribution in [3.63, 3.8) is 0 Å². The lowest BCUT2D eigenvalue weighted by Gasteiger charge is -2.26. The van der Waals surface area contributed by atoms with Gasteiger partial charge in [0, 0.05) is 12.6 Å². The average Bonchev–Trinajstić information content (AvgIpc) is 2.61. The molecular formula is C20H25NO4. The fraction of sp³-hybridized carbons (Fsp3) is 0.350. The van der Waals surface area contributed by atoms with Crippen LogP contribution in [0.5, 0.6) is 5.75 Å². The molecule has 0 aliphatic carbocycles. The highest BCUT2D eigenvalue weighted by atomic mass is 16.5. The number of aliphatic hydroxyl groups is 1. The Balaban J connectivity index is 1.92. The van der Waals surface area contributed by atoms with Gasteiger partial charge >= 0.3 is 5.97 Å². The molecule has 0 aliphatic rings. The third-order valence-corrected chi connectivity index (χ3v) is 4.11. The SMILES string of the molecule is CN(CC(=O)O)C(CCO)Cc1ccc(OCc2ccccc2)cc1. The highest BCUT2D eigenvalue weighted by molar-refractivity contribution is 5.69. The number of rotatable bonds is 10. The van der Waals surface area contributed by atoms with Gasteiger partial charge in [-0.1, -0.05) is 42.5 Å². The summed E-state index contributed by atoms with van der Waals surface area (Å²) in [6.45, 7) is 0.518. The second-order valence-electron chi connectivity index (χ2n) is 6.10. The van der Waals surface area contributed by atoms with Gasteiger partial charge in [0.05, 0.1) is 6.54 Å². The van der Waals surface area contributed by atoms with Crippen LogP contribution in [-0.4, -0.2) is 47.3 Å². The smallest absolute Gasteiger partial charge is 0.317 e. The summed E-state index contributed by atoms with van der Waals surface area (Å²) < 4.78 is 5.77. The molecule has 2 aromatic rings. The Morgan fingerprint density at radius 1 is 1.08 bits per heavy atom. The van der Waals surface area contributed by atoms with Crippen LogP contribution in [0.25, 0.3) is 0 Å². The Morgan fingerprint density at radius 3 is 2.36 bits per heavy atom. The van der Waals surface area contributed by atoms with Crippen LogP contribution < -0.4 is 4.74 Å². The summed E-state index contributed by atoms with van der Waals surface area (Å²) in [7, 11) is 1.77. The van der Waals surface area contributed by atoms with E-state index in [0.717, 1.165) is 16.9 Å². The first-order valence-corrected chi connectivity index (χ1v) is 8.37. The first kappa shape index (κ1) is 19.0. The fourth-order valence-electron chi connectivity index (χ4n) is 2.70. The number of benzene rings is 2. The summed E-state index contributed by atoms with van der Waals surface area (Å²) in [5.41, 5.74) is 2.20. The molecule has 2 rings (SSSR count). The maximum absolute atomic E-state index is 10.9. The molecule has 1 unspecified atom stereocenters. The van der Waals surface area contributed by atoms with Gasteiger partial charge in [-0.15, -0.1) is 0 Å². The summed E-state index contributed by atoms with van der Waals surface area (Å²) in [6.07, 6.45) is 1.22. The van der Waals surface area contributed by atoms with E-state index < -0.39 is 5.97 Å². The van der Waals surface area contributed by atoms with E-state index in [1.54, 1.807) is 11.9 Å². The van der Waals surface area contributed by atoms with E-state index in [4.69, 9.17) is 9.84 Å². The zero-order chi connectivity index (χ0) is 18.1. The van der Waals surface area contributed by atoms with Crippen LogP contribution >= 0.6 is 0 Å². The molecule has 5 heteroatoms. The van der Waals surface area contributed by atoms with E-state index in [-0.39, 0.29) is 19.2 Å². The van der Waals surface area contributed by atoms with E-state index in [2.05, 4.69) is 0 Å². The molecule has 2 N–H and O–H groups in total. The van der Waals surface area contributed by atoms with Crippen LogP contribution in [0.1, 0.15) is 17.5 Å². The number of likely N-dealkylation sites (N-methyl/N-ethyl adjacent to an activating group) is 1. The molecule has 0 bridgehead atoms. The highest BCUT2D eigenvalue weighted by Gasteiger charge is 2.17. The van der Waals surface area contributed by atoms with Crippen molar-refractivity contribution in [2.45, 2.75) is 25.5 Å². The number of aliphatic hydroxyl groups excluding tert-OH is 1. The average molecular weight is 343 g/mol. The number of aliphatic carboxylic acids is 1. The predicted octanol–water partition coefficient (Wildman–Crippen LogP) is 2.58. The van der Waals surface area contributed by atoms with Gasteiger partial charge < -0.3 is 14.9 Å². The van der Waals surface area contributed by atoms with Crippen molar-refractivity contribution in [1.29, 1.82) is 0 Å². The number of carboxylic acid groups (broad SMARTS) is 1. The van der Waals surface area contributed by atoms with Crippen molar-refractivity contribution in [3.8, 4) is 5.75 Å². The van der Waals surface area contributed by atoms with E-state index in [1.807, 2.05) is 54.6 Å². The minimum absolute atomic E-state index is 0.0165. The van der Waals surface area contributed by atoms with E-state index in [9.17, 15) is 9.90 Å². The molecule has 0 spiro atoms. The maximum Gasteiger partial charge on any atom is 0.317 e.